The van der Waals surface area contributed by atoms with Gasteiger partial charge in [0.25, 0.3) is 0 Å². The van der Waals surface area contributed by atoms with Gasteiger partial charge in [0.15, 0.2) is 0 Å². The number of aliphatic hydroxyl groups is 2. The standard InChI is InChI=1S/C26H18Cl2O2/c27-21-15-7-13-19-23(21)26(30,18-11-5-2-6-12-18)24-20(14-8-16-22(24)28)25(19,29)17-9-3-1-4-10-17/h1-16,29-30H. The summed E-state index contributed by atoms with van der Waals surface area (Å²) in [5, 5.41) is 25.3. The summed E-state index contributed by atoms with van der Waals surface area (Å²) in [6.45, 7) is 0. The van der Waals surface area contributed by atoms with Gasteiger partial charge >= 0.3 is 0 Å². The van der Waals surface area contributed by atoms with Gasteiger partial charge in [0.05, 0.1) is 0 Å². The summed E-state index contributed by atoms with van der Waals surface area (Å²) in [5.41, 5.74) is 0.0852. The Hall–Kier alpha value is -2.62. The lowest BCUT2D eigenvalue weighted by Gasteiger charge is -2.45. The number of hydrogen-bond donors (Lipinski definition) is 2. The third kappa shape index (κ3) is 2.52. The van der Waals surface area contributed by atoms with Gasteiger partial charge in [-0.2, -0.15) is 0 Å². The molecular formula is C26H18Cl2O2. The van der Waals surface area contributed by atoms with E-state index in [1.54, 1.807) is 24.3 Å². The Morgan fingerprint density at radius 3 is 1.30 bits per heavy atom. The highest BCUT2D eigenvalue weighted by Gasteiger charge is 2.52. The molecule has 30 heavy (non-hydrogen) atoms. The summed E-state index contributed by atoms with van der Waals surface area (Å²) >= 11 is 13.4. The lowest BCUT2D eigenvalue weighted by molar-refractivity contribution is 0.0749. The van der Waals surface area contributed by atoms with Crippen LogP contribution in [0.1, 0.15) is 33.4 Å². The van der Waals surface area contributed by atoms with Crippen molar-refractivity contribution < 1.29 is 10.2 Å². The number of halogens is 2. The zero-order chi connectivity index (χ0) is 20.9. The van der Waals surface area contributed by atoms with Crippen LogP contribution in [0.5, 0.6) is 0 Å². The van der Waals surface area contributed by atoms with Gasteiger partial charge in [-0.3, -0.25) is 0 Å². The van der Waals surface area contributed by atoms with E-state index in [0.29, 0.717) is 43.4 Å². The lowest BCUT2D eigenvalue weighted by atomic mass is 9.63. The van der Waals surface area contributed by atoms with Gasteiger partial charge in [-0.25, -0.2) is 0 Å². The molecule has 0 aromatic heterocycles. The molecule has 0 amide bonds. The van der Waals surface area contributed by atoms with Crippen LogP contribution >= 0.6 is 23.2 Å². The Labute approximate surface area is 185 Å². The van der Waals surface area contributed by atoms with Crippen molar-refractivity contribution in [3.8, 4) is 0 Å². The molecule has 0 atom stereocenters. The fraction of sp³-hybridized carbons (Fsp3) is 0.0769. The van der Waals surface area contributed by atoms with Crippen molar-refractivity contribution in [3.63, 3.8) is 0 Å². The molecule has 0 saturated heterocycles. The monoisotopic (exact) mass is 432 g/mol. The quantitative estimate of drug-likeness (QED) is 0.415. The molecule has 5 rings (SSSR count). The summed E-state index contributed by atoms with van der Waals surface area (Å²) in [6, 6.07) is 29.3. The molecule has 2 nitrogen and oxygen atoms in total. The van der Waals surface area contributed by atoms with Gasteiger partial charge in [-0.05, 0) is 23.3 Å². The molecule has 2 N–H and O–H groups in total. The zero-order valence-electron chi connectivity index (χ0n) is 15.9. The minimum absolute atomic E-state index is 0.360. The van der Waals surface area contributed by atoms with Crippen LogP contribution in [0.15, 0.2) is 97.1 Å². The van der Waals surface area contributed by atoms with Gasteiger partial charge in [0, 0.05) is 32.3 Å². The van der Waals surface area contributed by atoms with E-state index >= 15 is 0 Å². The average Bonchev–Trinajstić information content (AvgIpc) is 2.78. The van der Waals surface area contributed by atoms with Gasteiger partial charge < -0.3 is 10.2 Å². The first-order chi connectivity index (χ1) is 14.5. The van der Waals surface area contributed by atoms with E-state index in [-0.39, 0.29) is 0 Å². The second kappa shape index (κ2) is 6.97. The molecule has 148 valence electrons. The van der Waals surface area contributed by atoms with E-state index in [0.717, 1.165) is 0 Å². The molecule has 4 heteroatoms. The molecule has 0 unspecified atom stereocenters. The van der Waals surface area contributed by atoms with E-state index in [1.165, 1.54) is 0 Å². The fourth-order valence-electron chi connectivity index (χ4n) is 4.62. The van der Waals surface area contributed by atoms with Crippen LogP contribution in [-0.4, -0.2) is 10.2 Å². The van der Waals surface area contributed by atoms with Crippen LogP contribution in [0.2, 0.25) is 10.0 Å². The Morgan fingerprint density at radius 1 is 0.467 bits per heavy atom. The summed E-state index contributed by atoms with van der Waals surface area (Å²) in [7, 11) is 0. The maximum atomic E-state index is 12.3. The zero-order valence-corrected chi connectivity index (χ0v) is 17.4. The summed E-state index contributed by atoms with van der Waals surface area (Å²) < 4.78 is 0. The molecule has 0 aliphatic heterocycles. The van der Waals surface area contributed by atoms with Gasteiger partial charge in [0.1, 0.15) is 11.2 Å². The molecular weight excluding hydrogens is 415 g/mol. The summed E-state index contributed by atoms with van der Waals surface area (Å²) in [4.78, 5) is 0. The van der Waals surface area contributed by atoms with Gasteiger partial charge in [-0.1, -0.05) is 108 Å². The van der Waals surface area contributed by atoms with E-state index in [4.69, 9.17) is 23.2 Å². The molecule has 0 heterocycles. The number of hydrogen-bond acceptors (Lipinski definition) is 2. The molecule has 1 aliphatic carbocycles. The van der Waals surface area contributed by atoms with Crippen molar-refractivity contribution in [3.05, 3.63) is 140 Å². The van der Waals surface area contributed by atoms with Crippen LogP contribution in [-0.2, 0) is 11.2 Å². The van der Waals surface area contributed by atoms with Crippen LogP contribution in [0, 0.1) is 0 Å². The normalized spacial score (nSPS) is 22.3. The van der Waals surface area contributed by atoms with E-state index in [1.807, 2.05) is 72.8 Å². The summed E-state index contributed by atoms with van der Waals surface area (Å²) in [6.07, 6.45) is 0. The molecule has 4 aromatic rings. The summed E-state index contributed by atoms with van der Waals surface area (Å²) in [5.74, 6) is 0. The van der Waals surface area contributed by atoms with Crippen molar-refractivity contribution in [2.45, 2.75) is 11.2 Å². The highest BCUT2D eigenvalue weighted by atomic mass is 35.5. The topological polar surface area (TPSA) is 40.5 Å². The lowest BCUT2D eigenvalue weighted by Crippen LogP contribution is -2.44. The Morgan fingerprint density at radius 2 is 0.867 bits per heavy atom. The second-order valence-electron chi connectivity index (χ2n) is 7.48. The molecule has 4 aromatic carbocycles. The van der Waals surface area contributed by atoms with Crippen LogP contribution in [0.3, 0.4) is 0 Å². The first kappa shape index (κ1) is 19.3. The van der Waals surface area contributed by atoms with E-state index in [2.05, 4.69) is 0 Å². The minimum Gasteiger partial charge on any atom is -0.376 e. The number of rotatable bonds is 2. The van der Waals surface area contributed by atoms with E-state index in [9.17, 15) is 10.2 Å². The second-order valence-corrected chi connectivity index (χ2v) is 8.29. The molecule has 0 spiro atoms. The SMILES string of the molecule is OC1(c2ccccc2)c2cccc(Cl)c2C(O)(c2ccccc2)c2c(Cl)cccc21. The maximum Gasteiger partial charge on any atom is 0.144 e. The highest BCUT2D eigenvalue weighted by Crippen LogP contribution is 2.56. The molecule has 1 aliphatic rings. The predicted octanol–water partition coefficient (Wildman–Crippen LogP) is 5.88. The Bertz CT molecular complexity index is 1180. The van der Waals surface area contributed by atoms with Crippen molar-refractivity contribution in [1.82, 2.24) is 0 Å². The maximum absolute atomic E-state index is 12.3. The van der Waals surface area contributed by atoms with Crippen LogP contribution in [0.25, 0.3) is 0 Å². The third-order valence-corrected chi connectivity index (χ3v) is 6.54. The molecule has 0 fully saturated rings. The van der Waals surface area contributed by atoms with Crippen LogP contribution < -0.4 is 0 Å². The predicted molar refractivity (Wildman–Crippen MR) is 120 cm³/mol. The first-order valence-corrected chi connectivity index (χ1v) is 10.4. The molecule has 0 bridgehead atoms. The molecule has 0 radical (unpaired) electrons. The van der Waals surface area contributed by atoms with E-state index < -0.39 is 11.2 Å². The minimum atomic E-state index is -1.62. The van der Waals surface area contributed by atoms with Gasteiger partial charge in [-0.15, -0.1) is 0 Å². The third-order valence-electron chi connectivity index (χ3n) is 5.91. The molecule has 0 saturated carbocycles. The smallest absolute Gasteiger partial charge is 0.144 e. The van der Waals surface area contributed by atoms with Crippen molar-refractivity contribution >= 4 is 23.2 Å². The van der Waals surface area contributed by atoms with Crippen molar-refractivity contribution in [2.24, 2.45) is 0 Å². The van der Waals surface area contributed by atoms with Crippen LogP contribution in [0.4, 0.5) is 0 Å². The Kier molecular flexibility index (Phi) is 4.49. The fourth-order valence-corrected chi connectivity index (χ4v) is 5.24. The van der Waals surface area contributed by atoms with Crippen molar-refractivity contribution in [2.75, 3.05) is 0 Å². The van der Waals surface area contributed by atoms with Gasteiger partial charge in [0.2, 0.25) is 0 Å². The first-order valence-electron chi connectivity index (χ1n) is 9.63. The van der Waals surface area contributed by atoms with Crippen molar-refractivity contribution in [1.29, 1.82) is 0 Å². The number of benzene rings is 4. The highest BCUT2D eigenvalue weighted by molar-refractivity contribution is 6.33. The average molecular weight is 433 g/mol. The number of fused-ring (bicyclic) bond motifs is 2. The Balaban J connectivity index is 1.98. The largest absolute Gasteiger partial charge is 0.376 e.